The van der Waals surface area contributed by atoms with Gasteiger partial charge in [-0.2, -0.15) is 5.10 Å². The molecule has 0 spiro atoms. The predicted octanol–water partition coefficient (Wildman–Crippen LogP) is 1.87. The molecule has 0 saturated carbocycles. The third kappa shape index (κ3) is 3.23. The molecule has 1 rings (SSSR count). The number of hydrogen-bond donors (Lipinski definition) is 1. The normalized spacial score (nSPS) is 11.6. The molecule has 90 valence electrons. The first-order valence-electron chi connectivity index (χ1n) is 5.24. The third-order valence-electron chi connectivity index (χ3n) is 2.43. The van der Waals surface area contributed by atoms with E-state index in [1.165, 1.54) is 0 Å². The van der Waals surface area contributed by atoms with Crippen LogP contribution in [0.3, 0.4) is 0 Å². The summed E-state index contributed by atoms with van der Waals surface area (Å²) in [6.07, 6.45) is 2.46. The Morgan fingerprint density at radius 2 is 2.25 bits per heavy atom. The first-order valence-corrected chi connectivity index (χ1v) is 5.78. The summed E-state index contributed by atoms with van der Waals surface area (Å²) in [5.74, 6) is 0.431. The van der Waals surface area contributed by atoms with Crippen molar-refractivity contribution in [2.75, 3.05) is 5.88 Å². The summed E-state index contributed by atoms with van der Waals surface area (Å²) in [5, 5.41) is 7.09. The zero-order valence-corrected chi connectivity index (χ0v) is 10.9. The Hall–Kier alpha value is -1.03. The Bertz CT molecular complexity index is 385. The van der Waals surface area contributed by atoms with Crippen LogP contribution in [0.1, 0.15) is 36.3 Å². The fraction of sp³-hybridized carbons (Fsp3) is 0.636. The second-order valence-corrected chi connectivity index (χ2v) is 4.96. The molecular formula is C11H18ClN3O. The summed E-state index contributed by atoms with van der Waals surface area (Å²) in [5.41, 5.74) is 1.06. The summed E-state index contributed by atoms with van der Waals surface area (Å²) >= 11 is 5.68. The van der Waals surface area contributed by atoms with E-state index in [0.29, 0.717) is 11.4 Å². The van der Waals surface area contributed by atoms with Gasteiger partial charge in [-0.3, -0.25) is 9.48 Å². The molecule has 0 aromatic carbocycles. The van der Waals surface area contributed by atoms with Crippen molar-refractivity contribution in [1.82, 2.24) is 15.1 Å². The first kappa shape index (κ1) is 13.0. The lowest BCUT2D eigenvalue weighted by molar-refractivity contribution is 0.0911. The summed E-state index contributed by atoms with van der Waals surface area (Å²) in [6.45, 7) is 5.74. The van der Waals surface area contributed by atoms with Crippen LogP contribution in [0.15, 0.2) is 6.20 Å². The number of rotatable bonds is 4. The van der Waals surface area contributed by atoms with E-state index >= 15 is 0 Å². The van der Waals surface area contributed by atoms with E-state index in [4.69, 9.17) is 11.6 Å². The van der Waals surface area contributed by atoms with Crippen molar-refractivity contribution < 1.29 is 4.79 Å². The van der Waals surface area contributed by atoms with Gasteiger partial charge in [0, 0.05) is 24.7 Å². The van der Waals surface area contributed by atoms with Crippen LogP contribution in [0.5, 0.6) is 0 Å². The predicted molar refractivity (Wildman–Crippen MR) is 64.8 cm³/mol. The number of amides is 1. The van der Waals surface area contributed by atoms with Gasteiger partial charge in [0.25, 0.3) is 5.91 Å². The van der Waals surface area contributed by atoms with E-state index in [1.807, 2.05) is 20.8 Å². The average molecular weight is 244 g/mol. The van der Waals surface area contributed by atoms with Crippen molar-refractivity contribution in [2.45, 2.75) is 32.7 Å². The Balaban J connectivity index is 2.76. The van der Waals surface area contributed by atoms with E-state index in [-0.39, 0.29) is 11.4 Å². The van der Waals surface area contributed by atoms with Crippen LogP contribution in [0, 0.1) is 6.92 Å². The summed E-state index contributed by atoms with van der Waals surface area (Å²) in [4.78, 5) is 12.0. The van der Waals surface area contributed by atoms with Gasteiger partial charge < -0.3 is 5.32 Å². The topological polar surface area (TPSA) is 46.9 Å². The van der Waals surface area contributed by atoms with Gasteiger partial charge in [-0.05, 0) is 27.2 Å². The van der Waals surface area contributed by atoms with Gasteiger partial charge in [0.15, 0.2) is 0 Å². The van der Waals surface area contributed by atoms with Crippen LogP contribution in [0.4, 0.5) is 0 Å². The SMILES string of the molecule is Cc1nn(C)cc1C(=O)NC(C)(C)CCCl. The molecule has 1 heterocycles. The lowest BCUT2D eigenvalue weighted by atomic mass is 10.0. The van der Waals surface area contributed by atoms with Crippen LogP contribution < -0.4 is 5.32 Å². The van der Waals surface area contributed by atoms with Crippen molar-refractivity contribution in [2.24, 2.45) is 7.05 Å². The Kier molecular flexibility index (Phi) is 3.97. The number of nitrogens with zero attached hydrogens (tertiary/aromatic N) is 2. The van der Waals surface area contributed by atoms with Crippen molar-refractivity contribution in [1.29, 1.82) is 0 Å². The third-order valence-corrected chi connectivity index (χ3v) is 2.62. The summed E-state index contributed by atoms with van der Waals surface area (Å²) < 4.78 is 1.64. The maximum atomic E-state index is 12.0. The molecule has 0 unspecified atom stereocenters. The molecule has 1 aromatic heterocycles. The molecule has 1 N–H and O–H groups in total. The van der Waals surface area contributed by atoms with Crippen molar-refractivity contribution in [3.63, 3.8) is 0 Å². The first-order chi connectivity index (χ1) is 7.35. The number of nitrogens with one attached hydrogen (secondary N) is 1. The smallest absolute Gasteiger partial charge is 0.255 e. The molecule has 5 heteroatoms. The molecule has 16 heavy (non-hydrogen) atoms. The van der Waals surface area contributed by atoms with Gasteiger partial charge in [-0.1, -0.05) is 0 Å². The Morgan fingerprint density at radius 3 is 2.69 bits per heavy atom. The molecule has 0 aliphatic rings. The molecular weight excluding hydrogens is 226 g/mol. The highest BCUT2D eigenvalue weighted by Gasteiger charge is 2.22. The van der Waals surface area contributed by atoms with Gasteiger partial charge in [0.1, 0.15) is 0 Å². The Labute approximate surface area is 101 Å². The molecule has 0 atom stereocenters. The van der Waals surface area contributed by atoms with Gasteiger partial charge in [-0.15, -0.1) is 11.6 Å². The van der Waals surface area contributed by atoms with Crippen molar-refractivity contribution in [3.8, 4) is 0 Å². The number of aryl methyl sites for hydroxylation is 2. The standard InChI is InChI=1S/C11H18ClN3O/c1-8-9(7-15(4)14-8)10(16)13-11(2,3)5-6-12/h7H,5-6H2,1-4H3,(H,13,16). The van der Waals surface area contributed by atoms with Crippen LogP contribution in [0.25, 0.3) is 0 Å². The second kappa shape index (κ2) is 4.87. The summed E-state index contributed by atoms with van der Waals surface area (Å²) in [6, 6.07) is 0. The molecule has 0 bridgehead atoms. The highest BCUT2D eigenvalue weighted by molar-refractivity contribution is 6.17. The second-order valence-electron chi connectivity index (χ2n) is 4.58. The molecule has 0 saturated heterocycles. The average Bonchev–Trinajstić information content (AvgIpc) is 2.44. The van der Waals surface area contributed by atoms with E-state index in [0.717, 1.165) is 12.1 Å². The van der Waals surface area contributed by atoms with Crippen LogP contribution >= 0.6 is 11.6 Å². The maximum absolute atomic E-state index is 12.0. The molecule has 1 amide bonds. The maximum Gasteiger partial charge on any atom is 0.255 e. The summed E-state index contributed by atoms with van der Waals surface area (Å²) in [7, 11) is 1.80. The molecule has 0 aliphatic heterocycles. The minimum absolute atomic E-state index is 0.0966. The minimum Gasteiger partial charge on any atom is -0.347 e. The van der Waals surface area contributed by atoms with Gasteiger partial charge in [0.05, 0.1) is 11.3 Å². The molecule has 0 fully saturated rings. The monoisotopic (exact) mass is 243 g/mol. The highest BCUT2D eigenvalue weighted by Crippen LogP contribution is 2.12. The van der Waals surface area contributed by atoms with Crippen LogP contribution in [-0.4, -0.2) is 27.1 Å². The number of carbonyl (C=O) groups excluding carboxylic acids is 1. The molecule has 1 aromatic rings. The quantitative estimate of drug-likeness (QED) is 0.821. The Morgan fingerprint density at radius 1 is 1.62 bits per heavy atom. The van der Waals surface area contributed by atoms with Crippen LogP contribution in [0.2, 0.25) is 0 Å². The number of hydrogen-bond acceptors (Lipinski definition) is 2. The fourth-order valence-corrected chi connectivity index (χ4v) is 1.97. The van der Waals surface area contributed by atoms with Crippen molar-refractivity contribution in [3.05, 3.63) is 17.5 Å². The highest BCUT2D eigenvalue weighted by atomic mass is 35.5. The van der Waals surface area contributed by atoms with E-state index in [9.17, 15) is 4.79 Å². The molecule has 0 radical (unpaired) electrons. The zero-order chi connectivity index (χ0) is 12.3. The van der Waals surface area contributed by atoms with E-state index in [2.05, 4.69) is 10.4 Å². The molecule has 4 nitrogen and oxygen atoms in total. The van der Waals surface area contributed by atoms with Crippen molar-refractivity contribution >= 4 is 17.5 Å². The largest absolute Gasteiger partial charge is 0.347 e. The van der Waals surface area contributed by atoms with Gasteiger partial charge in [-0.25, -0.2) is 0 Å². The number of alkyl halides is 1. The number of carbonyl (C=O) groups is 1. The minimum atomic E-state index is -0.291. The van der Waals surface area contributed by atoms with Crippen LogP contribution in [-0.2, 0) is 7.05 Å². The van der Waals surface area contributed by atoms with E-state index < -0.39 is 0 Å². The number of aromatic nitrogens is 2. The lowest BCUT2D eigenvalue weighted by Gasteiger charge is -2.25. The zero-order valence-electron chi connectivity index (χ0n) is 10.2. The lowest BCUT2D eigenvalue weighted by Crippen LogP contribution is -2.43. The number of halogens is 1. The van der Waals surface area contributed by atoms with E-state index in [1.54, 1.807) is 17.9 Å². The van der Waals surface area contributed by atoms with Gasteiger partial charge >= 0.3 is 0 Å². The molecule has 0 aliphatic carbocycles. The fourth-order valence-electron chi connectivity index (χ4n) is 1.50. The van der Waals surface area contributed by atoms with Gasteiger partial charge in [0.2, 0.25) is 0 Å².